The smallest absolute Gasteiger partial charge is 0.324 e. The van der Waals surface area contributed by atoms with Crippen molar-refractivity contribution in [2.24, 2.45) is 0 Å². The first-order chi connectivity index (χ1) is 12.6. The maximum absolute atomic E-state index is 12.6. The zero-order valence-electron chi connectivity index (χ0n) is 16.2. The molecule has 3 rings (SSSR count). The van der Waals surface area contributed by atoms with Crippen molar-refractivity contribution in [3.05, 3.63) is 17.0 Å². The van der Waals surface area contributed by atoms with Crippen molar-refractivity contribution in [1.29, 1.82) is 0 Å². The fourth-order valence-corrected chi connectivity index (χ4v) is 5.42. The number of nitrogens with one attached hydrogen (secondary N) is 1. The van der Waals surface area contributed by atoms with Gasteiger partial charge >= 0.3 is 6.03 Å². The van der Waals surface area contributed by atoms with Crippen LogP contribution in [0, 0.1) is 13.8 Å². The number of sulfone groups is 1. The number of hydrogen-bond donors (Lipinski definition) is 1. The van der Waals surface area contributed by atoms with Crippen molar-refractivity contribution in [2.45, 2.75) is 45.8 Å². The van der Waals surface area contributed by atoms with Crippen LogP contribution in [-0.2, 0) is 21.2 Å². The van der Waals surface area contributed by atoms with Crippen LogP contribution < -0.4 is 5.32 Å². The zero-order valence-corrected chi connectivity index (χ0v) is 17.0. The molecule has 27 heavy (non-hydrogen) atoms. The van der Waals surface area contributed by atoms with Crippen LogP contribution in [0.15, 0.2) is 0 Å². The van der Waals surface area contributed by atoms with Gasteiger partial charge in [0.25, 0.3) is 0 Å². The Bertz CT molecular complexity index is 863. The van der Waals surface area contributed by atoms with Gasteiger partial charge in [-0.15, -0.1) is 0 Å². The molecule has 1 aromatic rings. The molecule has 2 fully saturated rings. The number of amides is 3. The average Bonchev–Trinajstić information content (AvgIpc) is 3.26. The molecule has 2 aliphatic rings. The van der Waals surface area contributed by atoms with Gasteiger partial charge in [-0.25, -0.2) is 13.2 Å². The molecule has 2 aliphatic heterocycles. The second-order valence-electron chi connectivity index (χ2n) is 7.46. The number of aromatic nitrogens is 2. The lowest BCUT2D eigenvalue weighted by Crippen LogP contribution is -2.46. The summed E-state index contributed by atoms with van der Waals surface area (Å²) in [5, 5.41) is 7.21. The fourth-order valence-electron chi connectivity index (χ4n) is 3.73. The predicted octanol–water partition coefficient (Wildman–Crippen LogP) is 0.232. The van der Waals surface area contributed by atoms with Gasteiger partial charge in [0.2, 0.25) is 5.91 Å². The molecule has 0 aromatic carbocycles. The molecule has 0 saturated carbocycles. The molecule has 1 aromatic heterocycles. The zero-order chi connectivity index (χ0) is 19.9. The van der Waals surface area contributed by atoms with Crippen molar-refractivity contribution in [2.75, 3.05) is 31.6 Å². The first-order valence-corrected chi connectivity index (χ1v) is 11.0. The largest absolute Gasteiger partial charge is 0.336 e. The normalized spacial score (nSPS) is 23.1. The van der Waals surface area contributed by atoms with Crippen LogP contribution in [0.4, 0.5) is 4.79 Å². The molecule has 0 spiro atoms. The van der Waals surface area contributed by atoms with Crippen molar-refractivity contribution in [3.8, 4) is 0 Å². The highest BCUT2D eigenvalue weighted by molar-refractivity contribution is 7.91. The average molecular weight is 398 g/mol. The molecular weight excluding hydrogens is 370 g/mol. The number of rotatable bonds is 5. The minimum atomic E-state index is -2.99. The Morgan fingerprint density at radius 1 is 1.41 bits per heavy atom. The van der Waals surface area contributed by atoms with E-state index in [1.54, 1.807) is 6.92 Å². The Morgan fingerprint density at radius 2 is 2.11 bits per heavy atom. The molecule has 1 N–H and O–H groups in total. The molecule has 0 unspecified atom stereocenters. The van der Waals surface area contributed by atoms with E-state index in [1.807, 2.05) is 30.5 Å². The lowest BCUT2D eigenvalue weighted by atomic mass is 10.1. The quantitative estimate of drug-likeness (QED) is 0.763. The molecule has 2 atom stereocenters. The highest BCUT2D eigenvalue weighted by Crippen LogP contribution is 2.27. The Morgan fingerprint density at radius 3 is 2.67 bits per heavy atom. The third kappa shape index (κ3) is 3.86. The van der Waals surface area contributed by atoms with Crippen molar-refractivity contribution >= 4 is 21.8 Å². The first-order valence-electron chi connectivity index (χ1n) is 9.15. The summed E-state index contributed by atoms with van der Waals surface area (Å²) < 4.78 is 25.4. The molecule has 0 radical (unpaired) electrons. The molecule has 2 saturated heterocycles. The summed E-state index contributed by atoms with van der Waals surface area (Å²) in [5.41, 5.74) is 2.76. The van der Waals surface area contributed by atoms with Gasteiger partial charge in [0.1, 0.15) is 0 Å². The van der Waals surface area contributed by atoms with E-state index in [4.69, 9.17) is 0 Å². The molecular formula is C17H27N5O4S. The Kier molecular flexibility index (Phi) is 5.31. The number of imide groups is 1. The van der Waals surface area contributed by atoms with E-state index >= 15 is 0 Å². The number of carbonyl (C=O) groups is 2. The predicted molar refractivity (Wildman–Crippen MR) is 100 cm³/mol. The van der Waals surface area contributed by atoms with E-state index in [0.29, 0.717) is 26.1 Å². The monoisotopic (exact) mass is 397 g/mol. The number of aryl methyl sites for hydroxylation is 1. The van der Waals surface area contributed by atoms with Crippen LogP contribution in [-0.4, -0.2) is 77.6 Å². The standard InChI is InChI=1S/C17H27N5O4S/c1-11-15(12(2)22(19-11)14-5-8-27(25,26)10-14)9-20(4)13(3)16(23)21-7-6-18-17(21)24/h13-14H,5-10H2,1-4H3,(H,18,24)/t13-,14-/m0/s1. The van der Waals surface area contributed by atoms with Crippen molar-refractivity contribution < 1.29 is 18.0 Å². The van der Waals surface area contributed by atoms with Crippen LogP contribution in [0.5, 0.6) is 0 Å². The van der Waals surface area contributed by atoms with Gasteiger partial charge in [-0.05, 0) is 34.2 Å². The van der Waals surface area contributed by atoms with E-state index in [9.17, 15) is 18.0 Å². The van der Waals surface area contributed by atoms with Gasteiger partial charge in [0, 0.05) is 30.9 Å². The molecule has 3 amide bonds. The van der Waals surface area contributed by atoms with Gasteiger partial charge < -0.3 is 5.32 Å². The van der Waals surface area contributed by atoms with Gasteiger partial charge in [-0.2, -0.15) is 5.10 Å². The maximum Gasteiger partial charge on any atom is 0.324 e. The highest BCUT2D eigenvalue weighted by atomic mass is 32.2. The Hall–Kier alpha value is -1.94. The van der Waals surface area contributed by atoms with E-state index < -0.39 is 15.9 Å². The van der Waals surface area contributed by atoms with E-state index in [0.717, 1.165) is 17.0 Å². The molecule has 0 aliphatic carbocycles. The first kappa shape index (κ1) is 19.8. The minimum Gasteiger partial charge on any atom is -0.336 e. The molecule has 3 heterocycles. The van der Waals surface area contributed by atoms with Crippen LogP contribution in [0.2, 0.25) is 0 Å². The SMILES string of the molecule is Cc1nn([C@H]2CCS(=O)(=O)C2)c(C)c1CN(C)[C@@H](C)C(=O)N1CCNC1=O. The fraction of sp³-hybridized carbons (Fsp3) is 0.706. The summed E-state index contributed by atoms with van der Waals surface area (Å²) >= 11 is 0. The molecule has 10 heteroatoms. The third-order valence-electron chi connectivity index (χ3n) is 5.58. The summed E-state index contributed by atoms with van der Waals surface area (Å²) in [4.78, 5) is 27.4. The summed E-state index contributed by atoms with van der Waals surface area (Å²) in [6.07, 6.45) is 0.582. The van der Waals surface area contributed by atoms with Crippen LogP contribution in [0.1, 0.15) is 36.3 Å². The van der Waals surface area contributed by atoms with Gasteiger partial charge in [0.15, 0.2) is 9.84 Å². The van der Waals surface area contributed by atoms with E-state index in [2.05, 4.69) is 10.4 Å². The van der Waals surface area contributed by atoms with Crippen molar-refractivity contribution in [1.82, 2.24) is 24.9 Å². The number of carbonyl (C=O) groups excluding carboxylic acids is 2. The number of urea groups is 1. The number of hydrogen-bond acceptors (Lipinski definition) is 6. The molecule has 150 valence electrons. The van der Waals surface area contributed by atoms with Gasteiger partial charge in [-0.3, -0.25) is 19.3 Å². The Balaban J connectivity index is 1.73. The minimum absolute atomic E-state index is 0.125. The van der Waals surface area contributed by atoms with Crippen LogP contribution >= 0.6 is 0 Å². The highest BCUT2D eigenvalue weighted by Gasteiger charge is 2.33. The second kappa shape index (κ2) is 7.23. The van der Waals surface area contributed by atoms with Crippen LogP contribution in [0.25, 0.3) is 0 Å². The van der Waals surface area contributed by atoms with Crippen molar-refractivity contribution in [3.63, 3.8) is 0 Å². The molecule has 0 bridgehead atoms. The third-order valence-corrected chi connectivity index (χ3v) is 7.33. The van der Waals surface area contributed by atoms with Gasteiger partial charge in [-0.1, -0.05) is 0 Å². The lowest BCUT2D eigenvalue weighted by Gasteiger charge is -2.26. The van der Waals surface area contributed by atoms with E-state index in [1.165, 1.54) is 4.90 Å². The Labute approximate surface area is 159 Å². The summed E-state index contributed by atoms with van der Waals surface area (Å²) in [7, 11) is -1.15. The number of likely N-dealkylation sites (N-methyl/N-ethyl adjacent to an activating group) is 1. The number of nitrogens with zero attached hydrogens (tertiary/aromatic N) is 4. The maximum atomic E-state index is 12.6. The summed E-state index contributed by atoms with van der Waals surface area (Å²) in [5.74, 6) is 0.106. The molecule has 9 nitrogen and oxygen atoms in total. The lowest BCUT2D eigenvalue weighted by molar-refractivity contribution is -0.132. The van der Waals surface area contributed by atoms with Gasteiger partial charge in [0.05, 0.1) is 29.3 Å². The topological polar surface area (TPSA) is 105 Å². The van der Waals surface area contributed by atoms with E-state index in [-0.39, 0.29) is 29.5 Å². The van der Waals surface area contributed by atoms with Crippen LogP contribution in [0.3, 0.4) is 0 Å². The summed E-state index contributed by atoms with van der Waals surface area (Å²) in [6.45, 7) is 7.00. The second-order valence-corrected chi connectivity index (χ2v) is 9.69. The summed E-state index contributed by atoms with van der Waals surface area (Å²) in [6, 6.07) is -0.925.